The predicted octanol–water partition coefficient (Wildman–Crippen LogP) is -0.155. The van der Waals surface area contributed by atoms with Gasteiger partial charge >= 0.3 is 0 Å². The summed E-state index contributed by atoms with van der Waals surface area (Å²) in [7, 11) is -1.26. The minimum absolute atomic E-state index is 0.0518. The standard InChI is InChI=1S/C12H17N3O4S/c1-15(9-4-6-20(18,19)8-9)7-11(17)14-12-10(16)3-2-5-13-12/h2-3,5,9,16H,4,6-8H2,1H3,(H,13,14,17)/t9-/m1/s1. The number of rotatable bonds is 4. The van der Waals surface area contributed by atoms with Crippen LogP contribution in [0.25, 0.3) is 0 Å². The summed E-state index contributed by atoms with van der Waals surface area (Å²) in [5, 5.41) is 12.0. The van der Waals surface area contributed by atoms with Crippen LogP contribution in [0.5, 0.6) is 5.75 Å². The van der Waals surface area contributed by atoms with Gasteiger partial charge in [-0.3, -0.25) is 9.69 Å². The second-order valence-corrected chi connectivity index (χ2v) is 7.12. The van der Waals surface area contributed by atoms with E-state index in [-0.39, 0.29) is 41.6 Å². The Morgan fingerprint density at radius 1 is 1.60 bits per heavy atom. The highest BCUT2D eigenvalue weighted by Crippen LogP contribution is 2.19. The van der Waals surface area contributed by atoms with Crippen LogP contribution in [-0.4, -0.2) is 60.5 Å². The van der Waals surface area contributed by atoms with Gasteiger partial charge in [-0.25, -0.2) is 13.4 Å². The van der Waals surface area contributed by atoms with Crippen LogP contribution >= 0.6 is 0 Å². The van der Waals surface area contributed by atoms with Gasteiger partial charge in [0.2, 0.25) is 5.91 Å². The van der Waals surface area contributed by atoms with Gasteiger partial charge in [0.15, 0.2) is 21.4 Å². The number of aromatic nitrogens is 1. The average Bonchev–Trinajstić information content (AvgIpc) is 2.73. The SMILES string of the molecule is CN(CC(=O)Nc1ncccc1O)[C@@H]1CCS(=O)(=O)C1. The van der Waals surface area contributed by atoms with Crippen LogP contribution in [0.15, 0.2) is 18.3 Å². The number of nitrogens with zero attached hydrogens (tertiary/aromatic N) is 2. The van der Waals surface area contributed by atoms with Gasteiger partial charge in [0.25, 0.3) is 0 Å². The molecule has 1 aliphatic heterocycles. The molecule has 2 rings (SSSR count). The third kappa shape index (κ3) is 3.67. The van der Waals surface area contributed by atoms with Crippen molar-refractivity contribution in [1.29, 1.82) is 0 Å². The molecule has 1 atom stereocenters. The summed E-state index contributed by atoms with van der Waals surface area (Å²) >= 11 is 0. The third-order valence-electron chi connectivity index (χ3n) is 3.27. The molecule has 20 heavy (non-hydrogen) atoms. The summed E-state index contributed by atoms with van der Waals surface area (Å²) in [6, 6.07) is 2.85. The normalized spacial score (nSPS) is 21.0. The first-order chi connectivity index (χ1) is 9.37. The van der Waals surface area contributed by atoms with Crippen LogP contribution < -0.4 is 5.32 Å². The first kappa shape index (κ1) is 14.7. The Hall–Kier alpha value is -1.67. The molecule has 7 nitrogen and oxygen atoms in total. The summed E-state index contributed by atoms with van der Waals surface area (Å²) < 4.78 is 22.8. The Morgan fingerprint density at radius 3 is 2.95 bits per heavy atom. The van der Waals surface area contributed by atoms with Crippen molar-refractivity contribution < 1.29 is 18.3 Å². The number of sulfone groups is 1. The third-order valence-corrected chi connectivity index (χ3v) is 5.02. The van der Waals surface area contributed by atoms with E-state index < -0.39 is 9.84 Å². The summed E-state index contributed by atoms with van der Waals surface area (Å²) in [6.07, 6.45) is 2.00. The number of likely N-dealkylation sites (N-methyl/N-ethyl adjacent to an activating group) is 1. The lowest BCUT2D eigenvalue weighted by molar-refractivity contribution is -0.117. The fraction of sp³-hybridized carbons (Fsp3) is 0.500. The molecule has 0 aromatic carbocycles. The lowest BCUT2D eigenvalue weighted by Crippen LogP contribution is -2.38. The van der Waals surface area contributed by atoms with Crippen molar-refractivity contribution in [2.45, 2.75) is 12.5 Å². The maximum absolute atomic E-state index is 11.8. The smallest absolute Gasteiger partial charge is 0.239 e. The zero-order chi connectivity index (χ0) is 14.8. The number of carbonyl (C=O) groups is 1. The van der Waals surface area contributed by atoms with Crippen molar-refractivity contribution in [2.75, 3.05) is 30.4 Å². The molecule has 0 aliphatic carbocycles. The molecule has 1 amide bonds. The minimum Gasteiger partial charge on any atom is -0.504 e. The van der Waals surface area contributed by atoms with Crippen molar-refractivity contribution in [2.24, 2.45) is 0 Å². The number of hydrogen-bond donors (Lipinski definition) is 2. The molecule has 2 heterocycles. The van der Waals surface area contributed by atoms with Crippen LogP contribution in [0.1, 0.15) is 6.42 Å². The molecule has 1 aliphatic rings. The summed E-state index contributed by atoms with van der Waals surface area (Å²) in [6.45, 7) is 0.0518. The van der Waals surface area contributed by atoms with E-state index in [2.05, 4.69) is 10.3 Å². The van der Waals surface area contributed by atoms with Gasteiger partial charge in [0.1, 0.15) is 0 Å². The second kappa shape index (κ2) is 5.76. The van der Waals surface area contributed by atoms with Crippen molar-refractivity contribution in [3.8, 4) is 5.75 Å². The molecule has 1 aromatic rings. The van der Waals surface area contributed by atoms with Gasteiger partial charge in [0, 0.05) is 12.2 Å². The van der Waals surface area contributed by atoms with Gasteiger partial charge in [-0.1, -0.05) is 0 Å². The molecule has 2 N–H and O–H groups in total. The number of anilines is 1. The van der Waals surface area contributed by atoms with E-state index in [0.717, 1.165) is 0 Å². The topological polar surface area (TPSA) is 99.6 Å². The Morgan fingerprint density at radius 2 is 2.35 bits per heavy atom. The highest BCUT2D eigenvalue weighted by Gasteiger charge is 2.31. The molecule has 0 radical (unpaired) electrons. The lowest BCUT2D eigenvalue weighted by Gasteiger charge is -2.22. The lowest BCUT2D eigenvalue weighted by atomic mass is 10.2. The molecule has 0 spiro atoms. The molecule has 0 saturated carbocycles. The maximum atomic E-state index is 11.8. The molecule has 0 unspecified atom stereocenters. The summed E-state index contributed by atoms with van der Waals surface area (Å²) in [5.74, 6) is -0.0845. The highest BCUT2D eigenvalue weighted by molar-refractivity contribution is 7.91. The van der Waals surface area contributed by atoms with E-state index in [1.54, 1.807) is 18.0 Å². The summed E-state index contributed by atoms with van der Waals surface area (Å²) in [5.41, 5.74) is 0. The Bertz CT molecular complexity index is 602. The van der Waals surface area contributed by atoms with E-state index in [9.17, 15) is 18.3 Å². The zero-order valence-corrected chi connectivity index (χ0v) is 11.9. The Balaban J connectivity index is 1.90. The first-order valence-electron chi connectivity index (χ1n) is 6.22. The quantitative estimate of drug-likeness (QED) is 0.802. The van der Waals surface area contributed by atoms with Crippen LogP contribution in [0.4, 0.5) is 5.82 Å². The van der Waals surface area contributed by atoms with Crippen molar-refractivity contribution in [1.82, 2.24) is 9.88 Å². The van der Waals surface area contributed by atoms with E-state index in [1.807, 2.05) is 0 Å². The molecular formula is C12H17N3O4S. The van der Waals surface area contributed by atoms with Crippen LogP contribution in [0, 0.1) is 0 Å². The maximum Gasteiger partial charge on any atom is 0.239 e. The highest BCUT2D eigenvalue weighted by atomic mass is 32.2. The molecular weight excluding hydrogens is 282 g/mol. The fourth-order valence-corrected chi connectivity index (χ4v) is 3.95. The molecule has 0 bridgehead atoms. The fourth-order valence-electron chi connectivity index (χ4n) is 2.14. The largest absolute Gasteiger partial charge is 0.504 e. The van der Waals surface area contributed by atoms with Crippen molar-refractivity contribution in [3.05, 3.63) is 18.3 Å². The van der Waals surface area contributed by atoms with Crippen molar-refractivity contribution in [3.63, 3.8) is 0 Å². The molecule has 1 aromatic heterocycles. The number of amides is 1. The van der Waals surface area contributed by atoms with Crippen LogP contribution in [0.3, 0.4) is 0 Å². The molecule has 8 heteroatoms. The number of nitrogens with one attached hydrogen (secondary N) is 1. The van der Waals surface area contributed by atoms with Crippen LogP contribution in [-0.2, 0) is 14.6 Å². The number of carbonyl (C=O) groups excluding carboxylic acids is 1. The molecule has 110 valence electrons. The Kier molecular flexibility index (Phi) is 4.24. The monoisotopic (exact) mass is 299 g/mol. The van der Waals surface area contributed by atoms with Gasteiger partial charge in [-0.05, 0) is 25.6 Å². The average molecular weight is 299 g/mol. The predicted molar refractivity (Wildman–Crippen MR) is 74.2 cm³/mol. The van der Waals surface area contributed by atoms with E-state index in [1.165, 1.54) is 12.3 Å². The van der Waals surface area contributed by atoms with E-state index in [4.69, 9.17) is 0 Å². The zero-order valence-electron chi connectivity index (χ0n) is 11.1. The van der Waals surface area contributed by atoms with E-state index in [0.29, 0.717) is 6.42 Å². The van der Waals surface area contributed by atoms with Gasteiger partial charge in [0.05, 0.1) is 18.1 Å². The number of pyridine rings is 1. The van der Waals surface area contributed by atoms with Crippen LogP contribution in [0.2, 0.25) is 0 Å². The summed E-state index contributed by atoms with van der Waals surface area (Å²) in [4.78, 5) is 17.4. The van der Waals surface area contributed by atoms with Gasteiger partial charge in [-0.2, -0.15) is 0 Å². The Labute approximate surface area is 117 Å². The first-order valence-corrected chi connectivity index (χ1v) is 8.04. The van der Waals surface area contributed by atoms with Gasteiger partial charge in [-0.15, -0.1) is 0 Å². The minimum atomic E-state index is -2.97. The molecule has 1 saturated heterocycles. The number of hydrogen-bond acceptors (Lipinski definition) is 6. The van der Waals surface area contributed by atoms with Gasteiger partial charge < -0.3 is 10.4 Å². The van der Waals surface area contributed by atoms with Crippen molar-refractivity contribution >= 4 is 21.6 Å². The molecule has 1 fully saturated rings. The second-order valence-electron chi connectivity index (χ2n) is 4.89. The van der Waals surface area contributed by atoms with E-state index >= 15 is 0 Å². The number of aromatic hydroxyl groups is 1.